The largest absolute Gasteiger partial charge is 0.451 e. The molecule has 0 spiro atoms. The Hall–Kier alpha value is -2.95. The minimum atomic E-state index is -4.62. The summed E-state index contributed by atoms with van der Waals surface area (Å²) in [5.41, 5.74) is 0.680. The van der Waals surface area contributed by atoms with E-state index >= 15 is 0 Å². The number of alkyl halides is 3. The van der Waals surface area contributed by atoms with Crippen LogP contribution in [-0.2, 0) is 9.53 Å². The molecule has 0 unspecified atom stereocenters. The van der Waals surface area contributed by atoms with Gasteiger partial charge in [-0.05, 0) is 29.8 Å². The van der Waals surface area contributed by atoms with Crippen molar-refractivity contribution >= 4 is 29.2 Å². The highest BCUT2D eigenvalue weighted by Gasteiger charge is 2.28. The summed E-state index contributed by atoms with van der Waals surface area (Å²) in [6, 6.07) is 7.29. The maximum atomic E-state index is 12.9. The molecule has 0 bridgehead atoms. The summed E-state index contributed by atoms with van der Waals surface area (Å²) >= 11 is 1.04. The van der Waals surface area contributed by atoms with Gasteiger partial charge in [0.2, 0.25) is 0 Å². The van der Waals surface area contributed by atoms with Gasteiger partial charge >= 0.3 is 18.2 Å². The van der Waals surface area contributed by atoms with Crippen LogP contribution in [0.4, 0.5) is 22.4 Å². The van der Waals surface area contributed by atoms with Gasteiger partial charge in [-0.2, -0.15) is 13.2 Å². The van der Waals surface area contributed by atoms with E-state index in [0.29, 0.717) is 10.4 Å². The minimum absolute atomic E-state index is 0.156. The number of benzene rings is 1. The summed E-state index contributed by atoms with van der Waals surface area (Å²) in [7, 11) is 0. The first-order valence-electron chi connectivity index (χ1n) is 7.31. The Morgan fingerprint density at radius 2 is 1.70 bits per heavy atom. The molecule has 27 heavy (non-hydrogen) atoms. The molecule has 1 heterocycles. The van der Waals surface area contributed by atoms with E-state index in [1.807, 2.05) is 0 Å². The Morgan fingerprint density at radius 3 is 2.33 bits per heavy atom. The summed E-state index contributed by atoms with van der Waals surface area (Å²) in [4.78, 5) is 35.2. The zero-order valence-corrected chi connectivity index (χ0v) is 14.2. The normalized spacial score (nSPS) is 11.0. The molecule has 1 aromatic carbocycles. The number of ether oxygens (including phenoxy) is 1. The molecule has 0 aliphatic heterocycles. The molecule has 11 heteroatoms. The molecule has 0 saturated heterocycles. The summed E-state index contributed by atoms with van der Waals surface area (Å²) in [6.07, 6.45) is -4.62. The van der Waals surface area contributed by atoms with Crippen molar-refractivity contribution in [3.05, 3.63) is 47.1 Å². The Kier molecular flexibility index (Phi) is 6.50. The lowest BCUT2D eigenvalue weighted by molar-refractivity contribution is -0.125. The summed E-state index contributed by atoms with van der Waals surface area (Å²) < 4.78 is 53.4. The third-order valence-corrected chi connectivity index (χ3v) is 4.09. The van der Waals surface area contributed by atoms with Crippen LogP contribution in [0.25, 0.3) is 10.4 Å². The lowest BCUT2D eigenvalue weighted by atomic mass is 10.2. The minimum Gasteiger partial charge on any atom is -0.451 e. The zero-order chi connectivity index (χ0) is 20.0. The highest BCUT2D eigenvalue weighted by molar-refractivity contribution is 7.17. The van der Waals surface area contributed by atoms with E-state index in [9.17, 15) is 31.9 Å². The van der Waals surface area contributed by atoms with Crippen molar-refractivity contribution in [1.29, 1.82) is 0 Å². The number of nitrogens with one attached hydrogen (secondary N) is 2. The number of urea groups is 1. The van der Waals surface area contributed by atoms with E-state index in [4.69, 9.17) is 4.74 Å². The topological polar surface area (TPSA) is 84.5 Å². The summed E-state index contributed by atoms with van der Waals surface area (Å²) in [5.74, 6) is -2.34. The van der Waals surface area contributed by atoms with Crippen LogP contribution in [0.5, 0.6) is 0 Å². The summed E-state index contributed by atoms with van der Waals surface area (Å²) in [6.45, 7) is -2.45. The van der Waals surface area contributed by atoms with Gasteiger partial charge < -0.3 is 10.1 Å². The maximum absolute atomic E-state index is 12.9. The van der Waals surface area contributed by atoms with Crippen molar-refractivity contribution in [2.75, 3.05) is 13.2 Å². The van der Waals surface area contributed by atoms with Gasteiger partial charge in [-0.25, -0.2) is 14.0 Å². The average molecular weight is 404 g/mol. The van der Waals surface area contributed by atoms with Crippen LogP contribution in [0.1, 0.15) is 9.67 Å². The first-order chi connectivity index (χ1) is 12.6. The van der Waals surface area contributed by atoms with Gasteiger partial charge in [0, 0.05) is 4.88 Å². The maximum Gasteiger partial charge on any atom is 0.405 e. The van der Waals surface area contributed by atoms with Crippen LogP contribution in [0.15, 0.2) is 36.4 Å². The second-order valence-corrected chi connectivity index (χ2v) is 6.18. The monoisotopic (exact) mass is 404 g/mol. The number of hydrogen-bond acceptors (Lipinski definition) is 5. The first kappa shape index (κ1) is 20.4. The van der Waals surface area contributed by atoms with Crippen LogP contribution >= 0.6 is 11.3 Å². The lowest BCUT2D eigenvalue weighted by Crippen LogP contribution is -2.44. The number of hydrogen-bond donors (Lipinski definition) is 2. The first-order valence-corrected chi connectivity index (χ1v) is 8.13. The Labute approximate surface area is 154 Å². The van der Waals surface area contributed by atoms with Gasteiger partial charge in [0.25, 0.3) is 5.91 Å². The molecule has 0 radical (unpaired) electrons. The SMILES string of the molecule is O=C(COC(=O)c1ccc(-c2ccc(F)cc2)s1)NC(=O)NCC(F)(F)F. The number of rotatable bonds is 5. The molecule has 0 saturated carbocycles. The van der Waals surface area contributed by atoms with Gasteiger partial charge in [0.05, 0.1) is 0 Å². The second kappa shape index (κ2) is 8.62. The average Bonchev–Trinajstić information content (AvgIpc) is 3.08. The number of carbonyl (C=O) groups excluding carboxylic acids is 3. The molecule has 2 aromatic rings. The Balaban J connectivity index is 1.82. The highest BCUT2D eigenvalue weighted by atomic mass is 32.1. The van der Waals surface area contributed by atoms with Crippen molar-refractivity contribution in [1.82, 2.24) is 10.6 Å². The number of thiophene rings is 1. The molecule has 2 rings (SSSR count). The van der Waals surface area contributed by atoms with E-state index in [-0.39, 0.29) is 4.88 Å². The molecule has 6 nitrogen and oxygen atoms in total. The number of halogens is 4. The molecular formula is C16H12F4N2O4S. The molecule has 3 amide bonds. The Morgan fingerprint density at radius 1 is 1.04 bits per heavy atom. The molecule has 0 atom stereocenters. The lowest BCUT2D eigenvalue weighted by Gasteiger charge is -2.09. The van der Waals surface area contributed by atoms with Gasteiger partial charge in [-0.3, -0.25) is 10.1 Å². The van der Waals surface area contributed by atoms with Crippen molar-refractivity contribution in [3.8, 4) is 10.4 Å². The van der Waals surface area contributed by atoms with Crippen molar-refractivity contribution in [2.45, 2.75) is 6.18 Å². The smallest absolute Gasteiger partial charge is 0.405 e. The third kappa shape index (κ3) is 6.70. The van der Waals surface area contributed by atoms with Crippen LogP contribution in [0.3, 0.4) is 0 Å². The summed E-state index contributed by atoms with van der Waals surface area (Å²) in [5, 5.41) is 3.03. The van der Waals surface area contributed by atoms with E-state index in [1.54, 1.807) is 11.4 Å². The van der Waals surface area contributed by atoms with Gasteiger partial charge in [0.15, 0.2) is 6.61 Å². The van der Waals surface area contributed by atoms with Crippen molar-refractivity contribution in [3.63, 3.8) is 0 Å². The second-order valence-electron chi connectivity index (χ2n) is 5.09. The molecular weight excluding hydrogens is 392 g/mol. The fourth-order valence-electron chi connectivity index (χ4n) is 1.81. The standard InChI is InChI=1S/C16H12F4N2O4S/c17-10-3-1-9(2-4-10)11-5-6-12(27-11)14(24)26-7-13(23)22-15(25)21-8-16(18,19)20/h1-6H,7-8H2,(H2,21,22,23,25). The van der Waals surface area contributed by atoms with Crippen LogP contribution in [-0.4, -0.2) is 37.2 Å². The van der Waals surface area contributed by atoms with Crippen LogP contribution in [0, 0.1) is 5.82 Å². The number of esters is 1. The number of amides is 3. The van der Waals surface area contributed by atoms with Gasteiger partial charge in [-0.15, -0.1) is 11.3 Å². The fraction of sp³-hybridized carbons (Fsp3) is 0.188. The quantitative estimate of drug-likeness (QED) is 0.593. The van der Waals surface area contributed by atoms with E-state index in [2.05, 4.69) is 0 Å². The highest BCUT2D eigenvalue weighted by Crippen LogP contribution is 2.28. The van der Waals surface area contributed by atoms with Crippen LogP contribution < -0.4 is 10.6 Å². The molecule has 0 fully saturated rings. The van der Waals surface area contributed by atoms with E-state index < -0.39 is 43.1 Å². The predicted molar refractivity (Wildman–Crippen MR) is 87.6 cm³/mol. The Bertz CT molecular complexity index is 834. The molecule has 1 aromatic heterocycles. The van der Waals surface area contributed by atoms with E-state index in [0.717, 1.165) is 11.3 Å². The van der Waals surface area contributed by atoms with Crippen LogP contribution in [0.2, 0.25) is 0 Å². The molecule has 144 valence electrons. The zero-order valence-electron chi connectivity index (χ0n) is 13.4. The molecule has 2 N–H and O–H groups in total. The van der Waals surface area contributed by atoms with Crippen molar-refractivity contribution in [2.24, 2.45) is 0 Å². The van der Waals surface area contributed by atoms with Gasteiger partial charge in [-0.1, -0.05) is 12.1 Å². The number of imide groups is 1. The van der Waals surface area contributed by atoms with Gasteiger partial charge in [0.1, 0.15) is 17.2 Å². The third-order valence-electron chi connectivity index (χ3n) is 2.97. The predicted octanol–water partition coefficient (Wildman–Crippen LogP) is 3.10. The number of carbonyl (C=O) groups is 3. The molecule has 0 aliphatic carbocycles. The molecule has 0 aliphatic rings. The van der Waals surface area contributed by atoms with Crippen molar-refractivity contribution < 1.29 is 36.7 Å². The fourth-order valence-corrected chi connectivity index (χ4v) is 2.71. The van der Waals surface area contributed by atoms with E-state index in [1.165, 1.54) is 35.6 Å².